The minimum absolute atomic E-state index is 0.0298. The number of nitriles is 1. The summed E-state index contributed by atoms with van der Waals surface area (Å²) >= 11 is 0. The maximum absolute atomic E-state index is 13.9. The standard InChI is InChI=1S/C27H20N4O4S/c28-16-19-7-10-23(11-8-19)31-26(32)15-25(27(31)33)30(18-20-4-3-13-29-17-20)36(34,35)24-12-9-21-5-1-2-6-22(21)14-24/h1-14,17,25H,15,18H2. The third kappa shape index (κ3) is 4.24. The molecule has 1 saturated heterocycles. The third-order valence-corrected chi connectivity index (χ3v) is 7.96. The smallest absolute Gasteiger partial charge is 0.252 e. The lowest BCUT2D eigenvalue weighted by Crippen LogP contribution is -2.45. The average Bonchev–Trinajstić information content (AvgIpc) is 3.20. The molecule has 0 aliphatic carbocycles. The number of hydrogen-bond donors (Lipinski definition) is 0. The van der Waals surface area contributed by atoms with Gasteiger partial charge in [-0.1, -0.05) is 36.4 Å². The van der Waals surface area contributed by atoms with Crippen molar-refractivity contribution in [1.29, 1.82) is 5.26 Å². The van der Waals surface area contributed by atoms with Gasteiger partial charge in [-0.2, -0.15) is 9.57 Å². The molecule has 1 aliphatic rings. The number of rotatable bonds is 6. The molecule has 3 aromatic carbocycles. The van der Waals surface area contributed by atoms with E-state index in [1.54, 1.807) is 30.5 Å². The summed E-state index contributed by atoms with van der Waals surface area (Å²) < 4.78 is 28.9. The van der Waals surface area contributed by atoms with Crippen LogP contribution in [0.25, 0.3) is 10.8 Å². The fraction of sp³-hybridized carbons (Fsp3) is 0.111. The van der Waals surface area contributed by atoms with Crippen molar-refractivity contribution in [2.75, 3.05) is 4.90 Å². The van der Waals surface area contributed by atoms with E-state index in [-0.39, 0.29) is 23.5 Å². The van der Waals surface area contributed by atoms with Gasteiger partial charge in [0, 0.05) is 18.9 Å². The normalized spacial score (nSPS) is 16.0. The van der Waals surface area contributed by atoms with Crippen LogP contribution in [0.1, 0.15) is 17.5 Å². The van der Waals surface area contributed by atoms with Gasteiger partial charge in [-0.05, 0) is 58.8 Å². The van der Waals surface area contributed by atoms with E-state index in [0.29, 0.717) is 11.1 Å². The van der Waals surface area contributed by atoms with Crippen LogP contribution in [-0.4, -0.2) is 35.6 Å². The first-order valence-corrected chi connectivity index (χ1v) is 12.6. The number of benzene rings is 3. The van der Waals surface area contributed by atoms with Crippen molar-refractivity contribution in [3.63, 3.8) is 0 Å². The number of carbonyl (C=O) groups is 2. The Morgan fingerprint density at radius 3 is 2.42 bits per heavy atom. The molecule has 4 aromatic rings. The summed E-state index contributed by atoms with van der Waals surface area (Å²) in [6.45, 7) is -0.131. The summed E-state index contributed by atoms with van der Waals surface area (Å²) in [5, 5.41) is 10.7. The molecule has 1 aliphatic heterocycles. The van der Waals surface area contributed by atoms with Crippen molar-refractivity contribution >= 4 is 38.3 Å². The van der Waals surface area contributed by atoms with E-state index in [2.05, 4.69) is 4.98 Å². The molecule has 0 N–H and O–H groups in total. The van der Waals surface area contributed by atoms with Crippen molar-refractivity contribution in [2.45, 2.75) is 23.9 Å². The van der Waals surface area contributed by atoms with Crippen molar-refractivity contribution in [1.82, 2.24) is 9.29 Å². The Morgan fingerprint density at radius 1 is 0.972 bits per heavy atom. The van der Waals surface area contributed by atoms with Gasteiger partial charge in [0.15, 0.2) is 0 Å². The molecule has 1 unspecified atom stereocenters. The van der Waals surface area contributed by atoms with Gasteiger partial charge in [0.25, 0.3) is 5.91 Å². The number of carbonyl (C=O) groups excluding carboxylic acids is 2. The van der Waals surface area contributed by atoms with Crippen LogP contribution in [0.15, 0.2) is 96.2 Å². The number of pyridine rings is 1. The van der Waals surface area contributed by atoms with E-state index in [0.717, 1.165) is 20.0 Å². The molecule has 2 heterocycles. The fourth-order valence-corrected chi connectivity index (χ4v) is 5.90. The first-order chi connectivity index (χ1) is 17.4. The summed E-state index contributed by atoms with van der Waals surface area (Å²) in [5.41, 5.74) is 1.25. The molecule has 5 rings (SSSR count). The van der Waals surface area contributed by atoms with E-state index >= 15 is 0 Å². The van der Waals surface area contributed by atoms with Gasteiger partial charge in [-0.15, -0.1) is 0 Å². The van der Waals surface area contributed by atoms with Crippen LogP contribution in [0.2, 0.25) is 0 Å². The number of anilines is 1. The minimum atomic E-state index is -4.18. The van der Waals surface area contributed by atoms with Gasteiger partial charge in [0.1, 0.15) is 6.04 Å². The second-order valence-corrected chi connectivity index (χ2v) is 10.3. The molecule has 2 amide bonds. The maximum atomic E-state index is 13.9. The molecule has 0 spiro atoms. The van der Waals surface area contributed by atoms with Crippen molar-refractivity contribution in [2.24, 2.45) is 0 Å². The van der Waals surface area contributed by atoms with Crippen LogP contribution < -0.4 is 4.90 Å². The first-order valence-electron chi connectivity index (χ1n) is 11.1. The Balaban J connectivity index is 1.56. The number of sulfonamides is 1. The van der Waals surface area contributed by atoms with Gasteiger partial charge in [0.05, 0.1) is 28.6 Å². The summed E-state index contributed by atoms with van der Waals surface area (Å²) in [6.07, 6.45) is 2.80. The maximum Gasteiger partial charge on any atom is 0.252 e. The molecule has 9 heteroatoms. The van der Waals surface area contributed by atoms with Gasteiger partial charge < -0.3 is 0 Å². The minimum Gasteiger partial charge on any atom is -0.274 e. The summed E-state index contributed by atoms with van der Waals surface area (Å²) in [6, 6.07) is 22.3. The zero-order valence-electron chi connectivity index (χ0n) is 19.0. The fourth-order valence-electron chi connectivity index (χ4n) is 4.29. The summed E-state index contributed by atoms with van der Waals surface area (Å²) in [5.74, 6) is -1.16. The number of fused-ring (bicyclic) bond motifs is 1. The zero-order chi connectivity index (χ0) is 25.3. The van der Waals surface area contributed by atoms with Crippen LogP contribution in [0, 0.1) is 11.3 Å². The second kappa shape index (κ2) is 9.34. The predicted molar refractivity (Wildman–Crippen MR) is 133 cm³/mol. The lowest BCUT2D eigenvalue weighted by molar-refractivity contribution is -0.122. The SMILES string of the molecule is N#Cc1ccc(N2C(=O)CC(N(Cc3cccnc3)S(=O)(=O)c3ccc4ccccc4c3)C2=O)cc1. The molecule has 178 valence electrons. The molecule has 0 saturated carbocycles. The monoisotopic (exact) mass is 496 g/mol. The lowest BCUT2D eigenvalue weighted by atomic mass is 10.1. The van der Waals surface area contributed by atoms with Gasteiger partial charge in [-0.25, -0.2) is 13.3 Å². The molecule has 1 aromatic heterocycles. The van der Waals surface area contributed by atoms with E-state index in [1.807, 2.05) is 30.3 Å². The zero-order valence-corrected chi connectivity index (χ0v) is 19.8. The van der Waals surface area contributed by atoms with E-state index < -0.39 is 27.9 Å². The molecular weight excluding hydrogens is 476 g/mol. The average molecular weight is 497 g/mol. The Bertz CT molecular complexity index is 1610. The Hall–Kier alpha value is -4.39. The van der Waals surface area contributed by atoms with E-state index in [9.17, 15) is 18.0 Å². The highest BCUT2D eigenvalue weighted by Gasteiger charge is 2.47. The molecular formula is C27H20N4O4S. The molecule has 0 radical (unpaired) electrons. The van der Waals surface area contributed by atoms with Crippen molar-refractivity contribution in [3.8, 4) is 6.07 Å². The first kappa shape index (κ1) is 23.4. The highest BCUT2D eigenvalue weighted by molar-refractivity contribution is 7.89. The van der Waals surface area contributed by atoms with Crippen LogP contribution in [0.5, 0.6) is 0 Å². The van der Waals surface area contributed by atoms with Gasteiger partial charge >= 0.3 is 0 Å². The Morgan fingerprint density at radius 2 is 1.72 bits per heavy atom. The van der Waals surface area contributed by atoms with Gasteiger partial charge in [-0.3, -0.25) is 14.6 Å². The highest BCUT2D eigenvalue weighted by atomic mass is 32.2. The third-order valence-electron chi connectivity index (χ3n) is 6.11. The lowest BCUT2D eigenvalue weighted by Gasteiger charge is -2.27. The molecule has 8 nitrogen and oxygen atoms in total. The summed E-state index contributed by atoms with van der Waals surface area (Å²) in [7, 11) is -4.18. The second-order valence-electron chi connectivity index (χ2n) is 8.37. The largest absolute Gasteiger partial charge is 0.274 e. The van der Waals surface area contributed by atoms with Crippen LogP contribution in [-0.2, 0) is 26.2 Å². The molecule has 1 fully saturated rings. The quantitative estimate of drug-likeness (QED) is 0.377. The van der Waals surface area contributed by atoms with Crippen LogP contribution in [0.4, 0.5) is 5.69 Å². The Kier molecular flexibility index (Phi) is 6.06. The topological polar surface area (TPSA) is 111 Å². The number of aromatic nitrogens is 1. The number of amides is 2. The number of hydrogen-bond acceptors (Lipinski definition) is 6. The number of imide groups is 1. The highest BCUT2D eigenvalue weighted by Crippen LogP contribution is 2.31. The number of nitrogens with zero attached hydrogens (tertiary/aromatic N) is 4. The Labute approximate surface area is 208 Å². The van der Waals surface area contributed by atoms with E-state index in [4.69, 9.17) is 5.26 Å². The van der Waals surface area contributed by atoms with Gasteiger partial charge in [0.2, 0.25) is 15.9 Å². The van der Waals surface area contributed by atoms with Crippen LogP contribution >= 0.6 is 0 Å². The predicted octanol–water partition coefficient (Wildman–Crippen LogP) is 3.63. The van der Waals surface area contributed by atoms with Crippen molar-refractivity contribution in [3.05, 3.63) is 102 Å². The van der Waals surface area contributed by atoms with Crippen molar-refractivity contribution < 1.29 is 18.0 Å². The molecule has 1 atom stereocenters. The summed E-state index contributed by atoms with van der Waals surface area (Å²) in [4.78, 5) is 31.5. The van der Waals surface area contributed by atoms with E-state index in [1.165, 1.54) is 36.5 Å². The molecule has 36 heavy (non-hydrogen) atoms. The van der Waals surface area contributed by atoms with Crippen LogP contribution in [0.3, 0.4) is 0 Å². The molecule has 0 bridgehead atoms.